The van der Waals surface area contributed by atoms with Crippen LogP contribution in [-0.2, 0) is 4.79 Å². The van der Waals surface area contributed by atoms with Gasteiger partial charge in [0, 0.05) is 44.2 Å². The number of carbonyl (C=O) groups excluding carboxylic acids is 1. The molecule has 0 N–H and O–H groups in total. The number of piperidine rings is 1. The number of ether oxygens (including phenoxy) is 1. The molecule has 0 unspecified atom stereocenters. The van der Waals surface area contributed by atoms with Crippen molar-refractivity contribution in [1.82, 2.24) is 19.4 Å². The maximum atomic E-state index is 11.8. The summed E-state index contributed by atoms with van der Waals surface area (Å²) >= 11 is 1.61. The van der Waals surface area contributed by atoms with E-state index in [2.05, 4.69) is 14.5 Å². The highest BCUT2D eigenvalue weighted by molar-refractivity contribution is 7.18. The van der Waals surface area contributed by atoms with Gasteiger partial charge in [0.1, 0.15) is 10.8 Å². The highest BCUT2D eigenvalue weighted by atomic mass is 32.1. The zero-order valence-electron chi connectivity index (χ0n) is 14.8. The van der Waals surface area contributed by atoms with Gasteiger partial charge in [-0.1, -0.05) is 12.1 Å². The van der Waals surface area contributed by atoms with Crippen LogP contribution in [0.1, 0.15) is 18.9 Å². The van der Waals surface area contributed by atoms with Crippen molar-refractivity contribution in [3.05, 3.63) is 42.9 Å². The molecule has 0 aliphatic carbocycles. The molecule has 1 fully saturated rings. The van der Waals surface area contributed by atoms with Crippen molar-refractivity contribution in [3.63, 3.8) is 0 Å². The quantitative estimate of drug-likeness (QED) is 0.707. The van der Waals surface area contributed by atoms with Crippen LogP contribution in [0.3, 0.4) is 0 Å². The van der Waals surface area contributed by atoms with Crippen molar-refractivity contribution >= 4 is 17.2 Å². The number of thiazole rings is 1. The molecule has 3 heterocycles. The summed E-state index contributed by atoms with van der Waals surface area (Å²) in [7, 11) is 3.52. The zero-order chi connectivity index (χ0) is 18.1. The second-order valence-electron chi connectivity index (χ2n) is 6.39. The molecule has 0 saturated carbocycles. The van der Waals surface area contributed by atoms with Crippen LogP contribution in [0.25, 0.3) is 21.3 Å². The van der Waals surface area contributed by atoms with Crippen LogP contribution in [0.4, 0.5) is 0 Å². The number of aromatic nitrogens is 3. The van der Waals surface area contributed by atoms with Crippen LogP contribution in [0.5, 0.6) is 5.75 Å². The van der Waals surface area contributed by atoms with Crippen LogP contribution in [0, 0.1) is 0 Å². The summed E-state index contributed by atoms with van der Waals surface area (Å²) in [5, 5.41) is 0.935. The molecule has 0 bridgehead atoms. The standard InChI is InChI=1S/C19H20N4O2S/c1-22-12-14(6-7-17(22)24)23-9-8-20-18(23)16-11-21-19(26-16)13-4-3-5-15(10-13)25-2/h3-5,8-11,14H,6-7,12H2,1-2H3/t14-/m0/s1. The molecule has 26 heavy (non-hydrogen) atoms. The smallest absolute Gasteiger partial charge is 0.222 e. The predicted octanol–water partition coefficient (Wildman–Crippen LogP) is 3.48. The molecule has 1 saturated heterocycles. The maximum Gasteiger partial charge on any atom is 0.222 e. The molecule has 3 aromatic rings. The summed E-state index contributed by atoms with van der Waals surface area (Å²) in [5.41, 5.74) is 1.03. The Hall–Kier alpha value is -2.67. The van der Waals surface area contributed by atoms with E-state index in [1.54, 1.807) is 23.3 Å². The monoisotopic (exact) mass is 368 g/mol. The van der Waals surface area contributed by atoms with Gasteiger partial charge in [0.05, 0.1) is 18.0 Å². The molecule has 6 nitrogen and oxygen atoms in total. The normalized spacial score (nSPS) is 17.5. The van der Waals surface area contributed by atoms with E-state index in [4.69, 9.17) is 4.74 Å². The third-order valence-corrected chi connectivity index (χ3v) is 5.75. The number of hydrogen-bond acceptors (Lipinski definition) is 5. The molecule has 1 atom stereocenters. The number of methoxy groups -OCH3 is 1. The Balaban J connectivity index is 1.63. The summed E-state index contributed by atoms with van der Waals surface area (Å²) in [4.78, 5) is 23.7. The first kappa shape index (κ1) is 16.8. The number of likely N-dealkylation sites (tertiary alicyclic amines) is 1. The van der Waals surface area contributed by atoms with Crippen molar-refractivity contribution in [1.29, 1.82) is 0 Å². The molecule has 4 rings (SSSR count). The number of nitrogens with zero attached hydrogens (tertiary/aromatic N) is 4. The Morgan fingerprint density at radius 3 is 3.00 bits per heavy atom. The van der Waals surface area contributed by atoms with Gasteiger partial charge in [-0.15, -0.1) is 11.3 Å². The largest absolute Gasteiger partial charge is 0.497 e. The van der Waals surface area contributed by atoms with Gasteiger partial charge in [0.2, 0.25) is 5.91 Å². The molecule has 1 aliphatic heterocycles. The van der Waals surface area contributed by atoms with Gasteiger partial charge in [-0.3, -0.25) is 4.79 Å². The Morgan fingerprint density at radius 2 is 2.19 bits per heavy atom. The lowest BCUT2D eigenvalue weighted by Gasteiger charge is -2.31. The van der Waals surface area contributed by atoms with E-state index in [1.807, 2.05) is 49.9 Å². The van der Waals surface area contributed by atoms with E-state index >= 15 is 0 Å². The molecule has 7 heteroatoms. The minimum absolute atomic E-state index is 0.209. The Bertz CT molecular complexity index is 933. The Morgan fingerprint density at radius 1 is 1.31 bits per heavy atom. The summed E-state index contributed by atoms with van der Waals surface area (Å²) in [6.07, 6.45) is 7.10. The van der Waals surface area contributed by atoms with E-state index in [0.717, 1.165) is 33.4 Å². The van der Waals surface area contributed by atoms with E-state index in [1.165, 1.54) is 0 Å². The number of carbonyl (C=O) groups is 1. The minimum Gasteiger partial charge on any atom is -0.497 e. The third-order valence-electron chi connectivity index (χ3n) is 4.71. The first-order valence-electron chi connectivity index (χ1n) is 8.53. The number of rotatable bonds is 4. The molecule has 1 aliphatic rings. The topological polar surface area (TPSA) is 60.3 Å². The van der Waals surface area contributed by atoms with Crippen molar-refractivity contribution in [2.24, 2.45) is 0 Å². The van der Waals surface area contributed by atoms with Gasteiger partial charge < -0.3 is 14.2 Å². The lowest BCUT2D eigenvalue weighted by molar-refractivity contribution is -0.132. The predicted molar refractivity (Wildman–Crippen MR) is 101 cm³/mol. The number of hydrogen-bond donors (Lipinski definition) is 0. The van der Waals surface area contributed by atoms with Gasteiger partial charge in [-0.25, -0.2) is 9.97 Å². The second kappa shape index (κ2) is 6.92. The summed E-state index contributed by atoms with van der Waals surface area (Å²) in [6, 6.07) is 8.14. The van der Waals surface area contributed by atoms with Crippen molar-refractivity contribution in [2.75, 3.05) is 20.7 Å². The summed E-state index contributed by atoms with van der Waals surface area (Å²) < 4.78 is 7.47. The van der Waals surface area contributed by atoms with Gasteiger partial charge >= 0.3 is 0 Å². The van der Waals surface area contributed by atoms with Crippen LogP contribution < -0.4 is 4.74 Å². The highest BCUT2D eigenvalue weighted by Crippen LogP contribution is 2.34. The fourth-order valence-corrected chi connectivity index (χ4v) is 4.20. The minimum atomic E-state index is 0.209. The summed E-state index contributed by atoms with van der Waals surface area (Å²) in [6.45, 7) is 0.712. The first-order valence-corrected chi connectivity index (χ1v) is 9.35. The second-order valence-corrected chi connectivity index (χ2v) is 7.42. The number of benzene rings is 1. The van der Waals surface area contributed by atoms with E-state index in [9.17, 15) is 4.79 Å². The van der Waals surface area contributed by atoms with Crippen LogP contribution in [-0.4, -0.2) is 46.0 Å². The Kier molecular flexibility index (Phi) is 4.46. The van der Waals surface area contributed by atoms with Crippen molar-refractivity contribution in [3.8, 4) is 27.0 Å². The van der Waals surface area contributed by atoms with E-state index in [-0.39, 0.29) is 11.9 Å². The van der Waals surface area contributed by atoms with Crippen LogP contribution in [0.2, 0.25) is 0 Å². The van der Waals surface area contributed by atoms with Crippen molar-refractivity contribution < 1.29 is 9.53 Å². The average molecular weight is 368 g/mol. The average Bonchev–Trinajstić information content (AvgIpc) is 3.33. The fourth-order valence-electron chi connectivity index (χ4n) is 3.28. The maximum absolute atomic E-state index is 11.8. The Labute approximate surface area is 156 Å². The number of likely N-dealkylation sites (N-methyl/N-ethyl adjacent to an activating group) is 1. The van der Waals surface area contributed by atoms with Crippen LogP contribution >= 0.6 is 11.3 Å². The first-order chi connectivity index (χ1) is 12.7. The molecule has 2 aromatic heterocycles. The van der Waals surface area contributed by atoms with Gasteiger partial charge in [0.25, 0.3) is 0 Å². The molecule has 0 spiro atoms. The highest BCUT2D eigenvalue weighted by Gasteiger charge is 2.26. The van der Waals surface area contributed by atoms with Gasteiger partial charge in [-0.2, -0.15) is 0 Å². The van der Waals surface area contributed by atoms with E-state index in [0.29, 0.717) is 13.0 Å². The number of imidazole rings is 1. The zero-order valence-corrected chi connectivity index (χ0v) is 15.6. The third kappa shape index (κ3) is 3.10. The lowest BCUT2D eigenvalue weighted by Crippen LogP contribution is -2.37. The molecule has 1 amide bonds. The molecule has 134 valence electrons. The summed E-state index contributed by atoms with van der Waals surface area (Å²) in [5.74, 6) is 1.93. The van der Waals surface area contributed by atoms with E-state index < -0.39 is 0 Å². The number of amides is 1. The van der Waals surface area contributed by atoms with Crippen LogP contribution in [0.15, 0.2) is 42.9 Å². The molecular weight excluding hydrogens is 348 g/mol. The lowest BCUT2D eigenvalue weighted by atomic mass is 10.1. The molecule has 0 radical (unpaired) electrons. The van der Waals surface area contributed by atoms with Gasteiger partial charge in [0.15, 0.2) is 5.82 Å². The molecular formula is C19H20N4O2S. The fraction of sp³-hybridized carbons (Fsp3) is 0.316. The van der Waals surface area contributed by atoms with Crippen molar-refractivity contribution in [2.45, 2.75) is 18.9 Å². The molecule has 1 aromatic carbocycles. The SMILES string of the molecule is COc1cccc(-c2ncc(-c3nccn3[C@H]3CCC(=O)N(C)C3)s2)c1. The van der Waals surface area contributed by atoms with Gasteiger partial charge in [-0.05, 0) is 18.6 Å².